The molecular formula is C16H31ClO2. The summed E-state index contributed by atoms with van der Waals surface area (Å²) in [5.41, 5.74) is 0. The third-order valence-corrected chi connectivity index (χ3v) is 5.18. The summed E-state index contributed by atoms with van der Waals surface area (Å²) < 4.78 is 10.9. The van der Waals surface area contributed by atoms with E-state index in [2.05, 4.69) is 6.92 Å². The summed E-state index contributed by atoms with van der Waals surface area (Å²) in [5, 5.41) is -0.908. The lowest BCUT2D eigenvalue weighted by atomic mass is 9.73. The van der Waals surface area contributed by atoms with Gasteiger partial charge in [0.2, 0.25) is 0 Å². The van der Waals surface area contributed by atoms with Gasteiger partial charge >= 0.3 is 0 Å². The van der Waals surface area contributed by atoms with Crippen LogP contribution in [0.3, 0.4) is 0 Å². The van der Waals surface area contributed by atoms with Gasteiger partial charge in [-0.1, -0.05) is 63.5 Å². The SMILES string of the molecule is CCCCCCCCC(C1CCC1)C(Cl)(OC)OC. The zero-order valence-electron chi connectivity index (χ0n) is 12.9. The van der Waals surface area contributed by atoms with E-state index >= 15 is 0 Å². The number of hydrogen-bond acceptors (Lipinski definition) is 2. The molecule has 0 aromatic heterocycles. The Morgan fingerprint density at radius 3 is 2.11 bits per heavy atom. The number of hydrogen-bond donors (Lipinski definition) is 0. The van der Waals surface area contributed by atoms with Crippen molar-refractivity contribution in [2.24, 2.45) is 11.8 Å². The second-order valence-corrected chi connectivity index (χ2v) is 6.37. The standard InChI is InChI=1S/C16H31ClO2/c1-4-5-6-7-8-9-13-15(14-11-10-12-14)16(17,18-2)19-3/h14-15H,4-13H2,1-3H3. The minimum absolute atomic E-state index is 0.337. The summed E-state index contributed by atoms with van der Waals surface area (Å²) in [4.78, 5) is 0. The van der Waals surface area contributed by atoms with E-state index in [9.17, 15) is 0 Å². The zero-order chi connectivity index (χ0) is 14.1. The molecule has 3 heteroatoms. The smallest absolute Gasteiger partial charge is 0.250 e. The average molecular weight is 291 g/mol. The largest absolute Gasteiger partial charge is 0.340 e. The van der Waals surface area contributed by atoms with Crippen molar-refractivity contribution in [3.05, 3.63) is 0 Å². The van der Waals surface area contributed by atoms with E-state index in [0.29, 0.717) is 11.8 Å². The van der Waals surface area contributed by atoms with Gasteiger partial charge in [0.05, 0.1) is 0 Å². The molecular weight excluding hydrogens is 260 g/mol. The first-order valence-electron chi connectivity index (χ1n) is 7.97. The Bertz CT molecular complexity index is 225. The number of rotatable bonds is 11. The Hall–Kier alpha value is 0.210. The maximum atomic E-state index is 6.50. The van der Waals surface area contributed by atoms with E-state index in [4.69, 9.17) is 21.1 Å². The van der Waals surface area contributed by atoms with Crippen LogP contribution in [0.1, 0.15) is 71.1 Å². The number of ether oxygens (including phenoxy) is 2. The Morgan fingerprint density at radius 1 is 1.05 bits per heavy atom. The van der Waals surface area contributed by atoms with Crippen LogP contribution >= 0.6 is 11.6 Å². The first kappa shape index (κ1) is 17.3. The van der Waals surface area contributed by atoms with Crippen LogP contribution in [0.4, 0.5) is 0 Å². The molecule has 1 saturated carbocycles. The highest BCUT2D eigenvalue weighted by Crippen LogP contribution is 2.45. The number of halogens is 1. The molecule has 0 amide bonds. The highest BCUT2D eigenvalue weighted by Gasteiger charge is 2.43. The predicted octanol–water partition coefficient (Wildman–Crippen LogP) is 5.34. The van der Waals surface area contributed by atoms with Crippen LogP contribution in [0, 0.1) is 11.8 Å². The molecule has 1 aliphatic carbocycles. The van der Waals surface area contributed by atoms with Gasteiger partial charge in [-0.05, 0) is 25.2 Å². The molecule has 0 aromatic rings. The third-order valence-electron chi connectivity index (χ3n) is 4.59. The normalized spacial score (nSPS) is 18.3. The van der Waals surface area contributed by atoms with Gasteiger partial charge in [0.15, 0.2) is 0 Å². The lowest BCUT2D eigenvalue weighted by molar-refractivity contribution is -0.195. The molecule has 1 unspecified atom stereocenters. The molecule has 0 saturated heterocycles. The van der Waals surface area contributed by atoms with Crippen molar-refractivity contribution >= 4 is 11.6 Å². The van der Waals surface area contributed by atoms with Gasteiger partial charge in [0, 0.05) is 20.1 Å². The summed E-state index contributed by atoms with van der Waals surface area (Å²) in [6, 6.07) is 0. The van der Waals surface area contributed by atoms with Gasteiger partial charge in [0.25, 0.3) is 5.25 Å². The second kappa shape index (κ2) is 9.20. The molecule has 1 aliphatic rings. The quantitative estimate of drug-likeness (QED) is 0.290. The molecule has 0 bridgehead atoms. The summed E-state index contributed by atoms with van der Waals surface area (Å²) in [5.74, 6) is 1.03. The van der Waals surface area contributed by atoms with Crippen molar-refractivity contribution < 1.29 is 9.47 Å². The first-order valence-corrected chi connectivity index (χ1v) is 8.35. The molecule has 1 fully saturated rings. The van der Waals surface area contributed by atoms with Gasteiger partial charge in [-0.25, -0.2) is 0 Å². The average Bonchev–Trinajstić information content (AvgIpc) is 2.38. The summed E-state index contributed by atoms with van der Waals surface area (Å²) in [6.45, 7) is 2.26. The number of methoxy groups -OCH3 is 2. The van der Waals surface area contributed by atoms with Crippen LogP contribution in [0.25, 0.3) is 0 Å². The Balaban J connectivity index is 2.33. The maximum Gasteiger partial charge on any atom is 0.250 e. The fourth-order valence-electron chi connectivity index (χ4n) is 3.06. The van der Waals surface area contributed by atoms with Gasteiger partial charge in [-0.15, -0.1) is 0 Å². The predicted molar refractivity (Wildman–Crippen MR) is 81.4 cm³/mol. The van der Waals surface area contributed by atoms with E-state index in [1.165, 1.54) is 57.8 Å². The highest BCUT2D eigenvalue weighted by molar-refractivity contribution is 6.22. The van der Waals surface area contributed by atoms with E-state index in [-0.39, 0.29) is 0 Å². The molecule has 1 rings (SSSR count). The van der Waals surface area contributed by atoms with Gasteiger partial charge in [-0.2, -0.15) is 0 Å². The summed E-state index contributed by atoms with van der Waals surface area (Å²) in [6.07, 6.45) is 13.0. The number of unbranched alkanes of at least 4 members (excludes halogenated alkanes) is 5. The van der Waals surface area contributed by atoms with Crippen LogP contribution in [-0.2, 0) is 9.47 Å². The third kappa shape index (κ3) is 5.24. The molecule has 0 radical (unpaired) electrons. The maximum absolute atomic E-state index is 6.50. The van der Waals surface area contributed by atoms with E-state index in [0.717, 1.165) is 6.42 Å². The van der Waals surface area contributed by atoms with Crippen LogP contribution in [0.5, 0.6) is 0 Å². The fourth-order valence-corrected chi connectivity index (χ4v) is 3.35. The zero-order valence-corrected chi connectivity index (χ0v) is 13.7. The van der Waals surface area contributed by atoms with Crippen LogP contribution < -0.4 is 0 Å². The van der Waals surface area contributed by atoms with Gasteiger partial charge in [0.1, 0.15) is 0 Å². The fraction of sp³-hybridized carbons (Fsp3) is 1.00. The molecule has 1 atom stereocenters. The molecule has 0 spiro atoms. The van der Waals surface area contributed by atoms with Crippen molar-refractivity contribution in [1.82, 2.24) is 0 Å². The number of alkyl halides is 1. The van der Waals surface area contributed by atoms with E-state index in [1.54, 1.807) is 14.2 Å². The minimum Gasteiger partial charge on any atom is -0.340 e. The van der Waals surface area contributed by atoms with Crippen molar-refractivity contribution in [2.45, 2.75) is 76.4 Å². The van der Waals surface area contributed by atoms with Crippen molar-refractivity contribution in [2.75, 3.05) is 14.2 Å². The van der Waals surface area contributed by atoms with Crippen LogP contribution in [0.15, 0.2) is 0 Å². The Kier molecular flexibility index (Phi) is 8.36. The van der Waals surface area contributed by atoms with Crippen LogP contribution in [0.2, 0.25) is 0 Å². The lowest BCUT2D eigenvalue weighted by Gasteiger charge is -2.41. The molecule has 0 N–H and O–H groups in total. The summed E-state index contributed by atoms with van der Waals surface area (Å²) >= 11 is 6.50. The highest BCUT2D eigenvalue weighted by atomic mass is 35.5. The minimum atomic E-state index is -0.908. The Labute approximate surface area is 124 Å². The lowest BCUT2D eigenvalue weighted by Crippen LogP contribution is -2.42. The molecule has 114 valence electrons. The van der Waals surface area contributed by atoms with Crippen molar-refractivity contribution in [1.29, 1.82) is 0 Å². The van der Waals surface area contributed by atoms with E-state index in [1.807, 2.05) is 0 Å². The molecule has 19 heavy (non-hydrogen) atoms. The Morgan fingerprint density at radius 2 is 1.63 bits per heavy atom. The second-order valence-electron chi connectivity index (χ2n) is 5.84. The van der Waals surface area contributed by atoms with Gasteiger partial charge in [-0.3, -0.25) is 0 Å². The van der Waals surface area contributed by atoms with E-state index < -0.39 is 5.25 Å². The molecule has 2 nitrogen and oxygen atoms in total. The monoisotopic (exact) mass is 290 g/mol. The van der Waals surface area contributed by atoms with Crippen molar-refractivity contribution in [3.63, 3.8) is 0 Å². The topological polar surface area (TPSA) is 18.5 Å². The molecule has 0 aromatic carbocycles. The summed E-state index contributed by atoms with van der Waals surface area (Å²) in [7, 11) is 3.31. The van der Waals surface area contributed by atoms with Crippen LogP contribution in [-0.4, -0.2) is 19.5 Å². The van der Waals surface area contributed by atoms with Crippen molar-refractivity contribution in [3.8, 4) is 0 Å². The molecule has 0 aliphatic heterocycles. The van der Waals surface area contributed by atoms with Gasteiger partial charge < -0.3 is 9.47 Å². The first-order chi connectivity index (χ1) is 9.18. The molecule has 0 heterocycles.